The summed E-state index contributed by atoms with van der Waals surface area (Å²) in [6.07, 6.45) is 0. The molecule has 2 aromatic rings. The number of Topliss-reactive ketones (excluding diaryl/α,β-unsaturated/α-hetero) is 1. The molecule has 3 rings (SSSR count). The molecule has 0 bridgehead atoms. The van der Waals surface area contributed by atoms with E-state index in [1.807, 2.05) is 0 Å². The first-order valence-corrected chi connectivity index (χ1v) is 7.49. The van der Waals surface area contributed by atoms with Crippen molar-refractivity contribution in [2.24, 2.45) is 0 Å². The third-order valence-corrected chi connectivity index (χ3v) is 4.18. The first-order chi connectivity index (χ1) is 9.97. The third kappa shape index (κ3) is 2.57. The van der Waals surface area contributed by atoms with Gasteiger partial charge in [0.1, 0.15) is 5.15 Å². The number of fused-ring (bicyclic) bond motifs is 1. The van der Waals surface area contributed by atoms with Crippen LogP contribution >= 0.6 is 39.1 Å². The van der Waals surface area contributed by atoms with Gasteiger partial charge in [0.15, 0.2) is 0 Å². The Labute approximate surface area is 138 Å². The fourth-order valence-corrected chi connectivity index (χ4v) is 2.82. The minimum Gasteiger partial charge on any atom is -0.299 e. The molecule has 2 heterocycles. The fraction of sp³-hybridized carbons (Fsp3) is 0.0714. The summed E-state index contributed by atoms with van der Waals surface area (Å²) in [5.41, 5.74) is 1.36. The van der Waals surface area contributed by atoms with Gasteiger partial charge >= 0.3 is 0 Å². The number of ketones is 1. The number of anilines is 1. The van der Waals surface area contributed by atoms with Gasteiger partial charge in [-0.05, 0) is 30.3 Å². The molecule has 1 aliphatic rings. The van der Waals surface area contributed by atoms with E-state index in [-0.39, 0.29) is 11.7 Å². The average Bonchev–Trinajstić information content (AvgIpc) is 2.67. The molecule has 4 nitrogen and oxygen atoms in total. The number of benzene rings is 1. The number of halogens is 3. The smallest absolute Gasteiger partial charge is 0.299 e. The molecule has 0 saturated carbocycles. The van der Waals surface area contributed by atoms with Gasteiger partial charge in [-0.3, -0.25) is 14.5 Å². The summed E-state index contributed by atoms with van der Waals surface area (Å²) in [6.45, 7) is 0.0907. The summed E-state index contributed by atoms with van der Waals surface area (Å²) >= 11 is 15.2. The van der Waals surface area contributed by atoms with Crippen LogP contribution in [0.3, 0.4) is 0 Å². The number of amides is 1. The highest BCUT2D eigenvalue weighted by Crippen LogP contribution is 2.33. The molecule has 1 aromatic heterocycles. The molecule has 0 aliphatic carbocycles. The van der Waals surface area contributed by atoms with E-state index in [2.05, 4.69) is 20.9 Å². The Morgan fingerprint density at radius 3 is 2.67 bits per heavy atom. The van der Waals surface area contributed by atoms with Crippen LogP contribution in [-0.4, -0.2) is 16.7 Å². The molecule has 0 spiro atoms. The molecule has 0 unspecified atom stereocenters. The van der Waals surface area contributed by atoms with Crippen LogP contribution < -0.4 is 4.90 Å². The quantitative estimate of drug-likeness (QED) is 0.582. The van der Waals surface area contributed by atoms with Crippen molar-refractivity contribution in [3.8, 4) is 0 Å². The van der Waals surface area contributed by atoms with E-state index in [4.69, 9.17) is 23.2 Å². The predicted molar refractivity (Wildman–Crippen MR) is 83.9 cm³/mol. The lowest BCUT2D eigenvalue weighted by Crippen LogP contribution is -2.29. The van der Waals surface area contributed by atoms with E-state index >= 15 is 0 Å². The van der Waals surface area contributed by atoms with Gasteiger partial charge in [0, 0.05) is 4.47 Å². The van der Waals surface area contributed by atoms with Crippen LogP contribution in [0.25, 0.3) is 0 Å². The Morgan fingerprint density at radius 2 is 1.90 bits per heavy atom. The summed E-state index contributed by atoms with van der Waals surface area (Å²) in [5, 5.41) is 0.671. The molecule has 0 atom stereocenters. The van der Waals surface area contributed by atoms with Crippen LogP contribution in [0.1, 0.15) is 16.1 Å². The van der Waals surface area contributed by atoms with Crippen molar-refractivity contribution in [3.63, 3.8) is 0 Å². The van der Waals surface area contributed by atoms with Crippen LogP contribution in [0.4, 0.5) is 5.69 Å². The number of hydrogen-bond donors (Lipinski definition) is 0. The highest BCUT2D eigenvalue weighted by atomic mass is 79.9. The SMILES string of the molecule is O=C1C(=O)N(Cc2nc(Cl)ccc2Cl)c2cc(Br)ccc21. The van der Waals surface area contributed by atoms with E-state index in [0.29, 0.717) is 22.0 Å². The monoisotopic (exact) mass is 384 g/mol. The summed E-state index contributed by atoms with van der Waals surface area (Å²) in [7, 11) is 0. The molecule has 1 aliphatic heterocycles. The maximum absolute atomic E-state index is 12.1. The first kappa shape index (κ1) is 14.5. The molecule has 0 N–H and O–H groups in total. The van der Waals surface area contributed by atoms with Crippen molar-refractivity contribution in [2.75, 3.05) is 4.90 Å². The topological polar surface area (TPSA) is 50.3 Å². The van der Waals surface area contributed by atoms with Crippen LogP contribution in [0.2, 0.25) is 10.2 Å². The van der Waals surface area contributed by atoms with Gasteiger partial charge in [0.05, 0.1) is 28.5 Å². The Bertz CT molecular complexity index is 780. The van der Waals surface area contributed by atoms with Crippen molar-refractivity contribution in [1.29, 1.82) is 0 Å². The van der Waals surface area contributed by atoms with Crippen molar-refractivity contribution in [1.82, 2.24) is 4.98 Å². The van der Waals surface area contributed by atoms with Crippen molar-refractivity contribution in [2.45, 2.75) is 6.54 Å². The summed E-state index contributed by atoms with van der Waals surface area (Å²) in [4.78, 5) is 29.6. The highest BCUT2D eigenvalue weighted by molar-refractivity contribution is 9.10. The van der Waals surface area contributed by atoms with Gasteiger partial charge < -0.3 is 0 Å². The number of pyridine rings is 1. The molecular formula is C14H7BrCl2N2O2. The Hall–Kier alpha value is -1.43. The molecule has 106 valence electrons. The molecular weight excluding hydrogens is 379 g/mol. The molecule has 0 fully saturated rings. The first-order valence-electron chi connectivity index (χ1n) is 5.94. The van der Waals surface area contributed by atoms with Crippen LogP contribution in [0.15, 0.2) is 34.8 Å². The van der Waals surface area contributed by atoms with Gasteiger partial charge in [0.25, 0.3) is 11.7 Å². The second kappa shape index (κ2) is 5.40. The zero-order valence-electron chi connectivity index (χ0n) is 10.4. The molecule has 21 heavy (non-hydrogen) atoms. The lowest BCUT2D eigenvalue weighted by atomic mass is 10.1. The Kier molecular flexibility index (Phi) is 3.73. The molecule has 0 saturated heterocycles. The zero-order chi connectivity index (χ0) is 15.1. The molecule has 7 heteroatoms. The van der Waals surface area contributed by atoms with Crippen molar-refractivity contribution < 1.29 is 9.59 Å². The number of nitrogens with zero attached hydrogens (tertiary/aromatic N) is 2. The van der Waals surface area contributed by atoms with Gasteiger partial charge in [0.2, 0.25) is 0 Å². The van der Waals surface area contributed by atoms with E-state index in [0.717, 1.165) is 4.47 Å². The van der Waals surface area contributed by atoms with E-state index < -0.39 is 11.7 Å². The van der Waals surface area contributed by atoms with E-state index in [9.17, 15) is 9.59 Å². The Morgan fingerprint density at radius 1 is 1.14 bits per heavy atom. The van der Waals surface area contributed by atoms with Crippen molar-refractivity contribution in [3.05, 3.63) is 56.2 Å². The standard InChI is InChI=1S/C14H7BrCl2N2O2/c15-7-1-2-8-11(5-7)19(14(21)13(8)20)6-10-9(16)3-4-12(17)18-10/h1-5H,6H2. The van der Waals surface area contributed by atoms with Crippen LogP contribution in [0, 0.1) is 0 Å². The molecule has 1 amide bonds. The number of carbonyl (C=O) groups excluding carboxylic acids is 2. The number of carbonyl (C=O) groups is 2. The van der Waals surface area contributed by atoms with E-state index in [1.165, 1.54) is 4.90 Å². The lowest BCUT2D eigenvalue weighted by Gasteiger charge is -2.17. The fourth-order valence-electron chi connectivity index (χ4n) is 2.14. The minimum atomic E-state index is -0.596. The summed E-state index contributed by atoms with van der Waals surface area (Å²) in [6, 6.07) is 8.23. The lowest BCUT2D eigenvalue weighted by molar-refractivity contribution is -0.114. The maximum Gasteiger partial charge on any atom is 0.299 e. The van der Waals surface area contributed by atoms with Crippen molar-refractivity contribution >= 4 is 56.5 Å². The predicted octanol–water partition coefficient (Wildman–Crippen LogP) is 3.88. The highest BCUT2D eigenvalue weighted by Gasteiger charge is 2.36. The van der Waals surface area contributed by atoms with Crippen LogP contribution in [-0.2, 0) is 11.3 Å². The second-order valence-corrected chi connectivity index (χ2v) is 6.15. The molecule has 0 radical (unpaired) electrons. The second-order valence-electron chi connectivity index (χ2n) is 4.44. The number of rotatable bonds is 2. The zero-order valence-corrected chi connectivity index (χ0v) is 13.5. The largest absolute Gasteiger partial charge is 0.299 e. The van der Waals surface area contributed by atoms with Gasteiger partial charge in [-0.1, -0.05) is 39.1 Å². The van der Waals surface area contributed by atoms with Gasteiger partial charge in [-0.15, -0.1) is 0 Å². The number of aromatic nitrogens is 1. The normalized spacial score (nSPS) is 13.8. The summed E-state index contributed by atoms with van der Waals surface area (Å²) in [5.74, 6) is -1.13. The van der Waals surface area contributed by atoms with Gasteiger partial charge in [-0.2, -0.15) is 0 Å². The van der Waals surface area contributed by atoms with Crippen LogP contribution in [0.5, 0.6) is 0 Å². The summed E-state index contributed by atoms with van der Waals surface area (Å²) < 4.78 is 0.777. The number of hydrogen-bond acceptors (Lipinski definition) is 3. The third-order valence-electron chi connectivity index (χ3n) is 3.13. The Balaban J connectivity index is 2.04. The van der Waals surface area contributed by atoms with E-state index in [1.54, 1.807) is 30.3 Å². The maximum atomic E-state index is 12.1. The van der Waals surface area contributed by atoms with Gasteiger partial charge in [-0.25, -0.2) is 4.98 Å². The minimum absolute atomic E-state index is 0.0907. The average molecular weight is 386 g/mol. The molecule has 1 aromatic carbocycles.